The van der Waals surface area contributed by atoms with E-state index in [1.165, 1.54) is 5.56 Å². The van der Waals surface area contributed by atoms with Gasteiger partial charge in [-0.05, 0) is 54.4 Å². The third-order valence-corrected chi connectivity index (χ3v) is 5.23. The molecular weight excluding hydrogens is 278 g/mol. The minimum atomic E-state index is -0.269. The zero-order valence-electron chi connectivity index (χ0n) is 13.5. The van der Waals surface area contributed by atoms with Gasteiger partial charge in [0.15, 0.2) is 0 Å². The SMILES string of the molecule is CC(C)C[C@H]1CN2CCc3cc(CO)c(O)cc3[C@H]2C[C@@H]1O. The van der Waals surface area contributed by atoms with Crippen molar-refractivity contribution in [3.8, 4) is 5.75 Å². The normalized spacial score (nSPS) is 28.5. The zero-order chi connectivity index (χ0) is 15.9. The number of phenols is 1. The molecule has 0 amide bonds. The van der Waals surface area contributed by atoms with Crippen LogP contribution in [0.25, 0.3) is 0 Å². The van der Waals surface area contributed by atoms with Gasteiger partial charge in [-0.1, -0.05) is 13.8 Å². The van der Waals surface area contributed by atoms with Crippen LogP contribution >= 0.6 is 0 Å². The van der Waals surface area contributed by atoms with Gasteiger partial charge in [0.1, 0.15) is 5.75 Å². The lowest BCUT2D eigenvalue weighted by Gasteiger charge is -2.46. The molecule has 0 spiro atoms. The molecule has 2 aliphatic rings. The molecular formula is C18H27NO3. The van der Waals surface area contributed by atoms with Crippen molar-refractivity contribution in [1.29, 1.82) is 0 Å². The van der Waals surface area contributed by atoms with Gasteiger partial charge in [-0.3, -0.25) is 4.90 Å². The van der Waals surface area contributed by atoms with Crippen molar-refractivity contribution < 1.29 is 15.3 Å². The summed E-state index contributed by atoms with van der Waals surface area (Å²) < 4.78 is 0. The van der Waals surface area contributed by atoms with E-state index < -0.39 is 0 Å². The number of aliphatic hydroxyl groups is 2. The van der Waals surface area contributed by atoms with E-state index in [4.69, 9.17) is 0 Å². The fourth-order valence-corrected chi connectivity index (χ4v) is 4.15. The summed E-state index contributed by atoms with van der Waals surface area (Å²) in [6, 6.07) is 3.92. The van der Waals surface area contributed by atoms with Crippen molar-refractivity contribution in [2.45, 2.75) is 51.9 Å². The van der Waals surface area contributed by atoms with E-state index in [1.807, 2.05) is 6.07 Å². The van der Waals surface area contributed by atoms with E-state index in [2.05, 4.69) is 18.7 Å². The summed E-state index contributed by atoms with van der Waals surface area (Å²) in [5.74, 6) is 1.12. The Balaban J connectivity index is 1.85. The summed E-state index contributed by atoms with van der Waals surface area (Å²) in [6.07, 6.45) is 2.48. The van der Waals surface area contributed by atoms with Crippen LogP contribution in [0, 0.1) is 11.8 Å². The largest absolute Gasteiger partial charge is 0.508 e. The van der Waals surface area contributed by atoms with Crippen LogP contribution < -0.4 is 0 Å². The second-order valence-corrected chi connectivity index (χ2v) is 7.29. The second kappa shape index (κ2) is 6.19. The zero-order valence-corrected chi connectivity index (χ0v) is 13.5. The molecule has 0 aromatic heterocycles. The van der Waals surface area contributed by atoms with Crippen molar-refractivity contribution in [3.05, 3.63) is 28.8 Å². The van der Waals surface area contributed by atoms with Crippen LogP contribution in [0.2, 0.25) is 0 Å². The highest BCUT2D eigenvalue weighted by atomic mass is 16.3. The lowest BCUT2D eigenvalue weighted by atomic mass is 9.79. The summed E-state index contributed by atoms with van der Waals surface area (Å²) in [7, 11) is 0. The predicted octanol–water partition coefficient (Wildman–Crippen LogP) is 2.21. The van der Waals surface area contributed by atoms with Gasteiger partial charge in [0, 0.05) is 24.7 Å². The Labute approximate surface area is 132 Å². The maximum absolute atomic E-state index is 10.5. The minimum absolute atomic E-state index is 0.132. The lowest BCUT2D eigenvalue weighted by molar-refractivity contribution is -0.0191. The smallest absolute Gasteiger partial charge is 0.121 e. The Kier molecular flexibility index (Phi) is 4.44. The molecule has 1 saturated heterocycles. The topological polar surface area (TPSA) is 63.9 Å². The molecule has 3 rings (SSSR count). The molecule has 22 heavy (non-hydrogen) atoms. The van der Waals surface area contributed by atoms with E-state index in [0.717, 1.165) is 37.9 Å². The molecule has 4 nitrogen and oxygen atoms in total. The molecule has 1 aromatic rings. The molecule has 0 unspecified atom stereocenters. The van der Waals surface area contributed by atoms with E-state index >= 15 is 0 Å². The van der Waals surface area contributed by atoms with Crippen LogP contribution in [-0.4, -0.2) is 39.4 Å². The Morgan fingerprint density at radius 1 is 1.32 bits per heavy atom. The molecule has 2 aliphatic heterocycles. The van der Waals surface area contributed by atoms with Crippen LogP contribution in [0.1, 0.15) is 49.4 Å². The average Bonchev–Trinajstić information content (AvgIpc) is 2.47. The second-order valence-electron chi connectivity index (χ2n) is 7.29. The number of hydrogen-bond acceptors (Lipinski definition) is 4. The maximum Gasteiger partial charge on any atom is 0.121 e. The molecule has 3 atom stereocenters. The Morgan fingerprint density at radius 2 is 2.09 bits per heavy atom. The number of piperidine rings is 1. The summed E-state index contributed by atoms with van der Waals surface area (Å²) in [5, 5.41) is 29.9. The average molecular weight is 305 g/mol. The van der Waals surface area contributed by atoms with Crippen LogP contribution in [0.5, 0.6) is 5.75 Å². The fraction of sp³-hybridized carbons (Fsp3) is 0.667. The number of aromatic hydroxyl groups is 1. The summed E-state index contributed by atoms with van der Waals surface area (Å²) in [5.41, 5.74) is 2.93. The highest BCUT2D eigenvalue weighted by Gasteiger charge is 2.38. The minimum Gasteiger partial charge on any atom is -0.508 e. The van der Waals surface area contributed by atoms with Gasteiger partial charge >= 0.3 is 0 Å². The number of rotatable bonds is 3. The van der Waals surface area contributed by atoms with E-state index in [9.17, 15) is 15.3 Å². The van der Waals surface area contributed by atoms with Gasteiger partial charge in [0.25, 0.3) is 0 Å². The van der Waals surface area contributed by atoms with Gasteiger partial charge in [-0.25, -0.2) is 0 Å². The monoisotopic (exact) mass is 305 g/mol. The quantitative estimate of drug-likeness (QED) is 0.801. The van der Waals surface area contributed by atoms with Crippen LogP contribution in [0.4, 0.5) is 0 Å². The molecule has 0 aliphatic carbocycles. The third-order valence-electron chi connectivity index (χ3n) is 5.23. The standard InChI is InChI=1S/C18H27NO3/c1-11(2)5-13-9-19-4-3-12-6-14(10-20)17(21)7-15(12)16(19)8-18(13)22/h6-7,11,13,16,18,20-22H,3-5,8-10H2,1-2H3/t13-,16+,18-/m0/s1. The molecule has 122 valence electrons. The first kappa shape index (κ1) is 15.8. The first-order valence-corrected chi connectivity index (χ1v) is 8.37. The van der Waals surface area contributed by atoms with Crippen molar-refractivity contribution in [2.24, 2.45) is 11.8 Å². The van der Waals surface area contributed by atoms with Crippen LogP contribution in [0.15, 0.2) is 12.1 Å². The van der Waals surface area contributed by atoms with Gasteiger partial charge in [0.2, 0.25) is 0 Å². The summed E-state index contributed by atoms with van der Waals surface area (Å²) in [6.45, 7) is 6.21. The maximum atomic E-state index is 10.5. The Hall–Kier alpha value is -1.10. The van der Waals surface area contributed by atoms with Gasteiger partial charge in [0.05, 0.1) is 12.7 Å². The van der Waals surface area contributed by atoms with Gasteiger partial charge < -0.3 is 15.3 Å². The van der Waals surface area contributed by atoms with Gasteiger partial charge in [-0.2, -0.15) is 0 Å². The molecule has 0 saturated carbocycles. The first-order valence-electron chi connectivity index (χ1n) is 8.37. The molecule has 4 heteroatoms. The molecule has 1 fully saturated rings. The number of nitrogens with zero attached hydrogens (tertiary/aromatic N) is 1. The van der Waals surface area contributed by atoms with Crippen molar-refractivity contribution >= 4 is 0 Å². The van der Waals surface area contributed by atoms with Crippen LogP contribution in [-0.2, 0) is 13.0 Å². The highest BCUT2D eigenvalue weighted by molar-refractivity contribution is 5.44. The molecule has 3 N–H and O–H groups in total. The lowest BCUT2D eigenvalue weighted by Crippen LogP contribution is -2.48. The van der Waals surface area contributed by atoms with Crippen molar-refractivity contribution in [1.82, 2.24) is 4.90 Å². The highest BCUT2D eigenvalue weighted by Crippen LogP contribution is 2.41. The third kappa shape index (κ3) is 2.87. The summed E-state index contributed by atoms with van der Waals surface area (Å²) in [4.78, 5) is 2.46. The van der Waals surface area contributed by atoms with Gasteiger partial charge in [-0.15, -0.1) is 0 Å². The van der Waals surface area contributed by atoms with E-state index in [1.54, 1.807) is 6.07 Å². The summed E-state index contributed by atoms with van der Waals surface area (Å²) >= 11 is 0. The molecule has 2 heterocycles. The van der Waals surface area contributed by atoms with E-state index in [-0.39, 0.29) is 24.5 Å². The van der Waals surface area contributed by atoms with E-state index in [0.29, 0.717) is 17.4 Å². The molecule has 0 bridgehead atoms. The molecule has 1 aromatic carbocycles. The fourth-order valence-electron chi connectivity index (χ4n) is 4.15. The number of hydrogen-bond donors (Lipinski definition) is 3. The number of fused-ring (bicyclic) bond motifs is 3. The number of benzene rings is 1. The Bertz CT molecular complexity index is 543. The first-order chi connectivity index (χ1) is 10.5. The van der Waals surface area contributed by atoms with Crippen molar-refractivity contribution in [3.63, 3.8) is 0 Å². The molecule has 0 radical (unpaired) electrons. The predicted molar refractivity (Wildman–Crippen MR) is 85.6 cm³/mol. The van der Waals surface area contributed by atoms with Crippen molar-refractivity contribution in [2.75, 3.05) is 13.1 Å². The Morgan fingerprint density at radius 3 is 2.77 bits per heavy atom. The van der Waals surface area contributed by atoms with Crippen LogP contribution in [0.3, 0.4) is 0 Å². The number of aliphatic hydroxyl groups excluding tert-OH is 2.